The second-order valence-corrected chi connectivity index (χ2v) is 8.73. The summed E-state index contributed by atoms with van der Waals surface area (Å²) in [6, 6.07) is 18.0. The zero-order valence-electron chi connectivity index (χ0n) is 19.8. The van der Waals surface area contributed by atoms with Gasteiger partial charge in [0, 0.05) is 35.9 Å². The Kier molecular flexibility index (Phi) is 7.88. The lowest BCUT2D eigenvalue weighted by molar-refractivity contribution is 0.325. The fraction of sp³-hybridized carbons (Fsp3) is 0.231. The van der Waals surface area contributed by atoms with Gasteiger partial charge < -0.3 is 15.0 Å². The number of benzene rings is 2. The molecule has 2 aromatic heterocycles. The Morgan fingerprint density at radius 3 is 2.74 bits per heavy atom. The molecule has 2 aromatic carbocycles. The highest BCUT2D eigenvalue weighted by atomic mass is 35.5. The normalized spacial score (nSPS) is 11.5. The van der Waals surface area contributed by atoms with Gasteiger partial charge in [-0.25, -0.2) is 4.98 Å². The third-order valence-electron chi connectivity index (χ3n) is 5.54. The minimum absolute atomic E-state index is 0.686. The van der Waals surface area contributed by atoms with Crippen LogP contribution in [0, 0.1) is 0 Å². The van der Waals surface area contributed by atoms with Crippen molar-refractivity contribution in [1.29, 1.82) is 0 Å². The molecule has 0 saturated carbocycles. The van der Waals surface area contributed by atoms with Crippen LogP contribution < -0.4 is 15.5 Å². The van der Waals surface area contributed by atoms with Gasteiger partial charge in [-0.15, -0.1) is 0 Å². The van der Waals surface area contributed by atoms with Gasteiger partial charge in [0.1, 0.15) is 19.4 Å². The summed E-state index contributed by atoms with van der Waals surface area (Å²) < 4.78 is 7.35. The monoisotopic (exact) mass is 473 g/mol. The Labute approximate surface area is 206 Å². The van der Waals surface area contributed by atoms with E-state index in [9.17, 15) is 0 Å². The van der Waals surface area contributed by atoms with Gasteiger partial charge in [-0.2, -0.15) is 9.61 Å². The van der Waals surface area contributed by atoms with Crippen molar-refractivity contribution in [3.8, 4) is 17.0 Å². The predicted molar refractivity (Wildman–Crippen MR) is 143 cm³/mol. The van der Waals surface area contributed by atoms with E-state index in [4.69, 9.17) is 21.3 Å². The molecule has 4 rings (SSSR count). The molecule has 174 valence electrons. The first-order valence-corrected chi connectivity index (χ1v) is 11.8. The number of allylic oxidation sites excluding steroid dienone is 1. The lowest BCUT2D eigenvalue weighted by atomic mass is 10.0. The first kappa shape index (κ1) is 23.9. The summed E-state index contributed by atoms with van der Waals surface area (Å²) >= 11 is 6.44. The summed E-state index contributed by atoms with van der Waals surface area (Å²) in [6.07, 6.45) is 6.39. The maximum Gasteiger partial charge on any atom is 0.151 e. The Morgan fingerprint density at radius 1 is 1.18 bits per heavy atom. The molecule has 0 spiro atoms. The summed E-state index contributed by atoms with van der Waals surface area (Å²) in [5, 5.41) is 8.73. The topological polar surface area (TPSA) is 54.7 Å². The molecule has 1 N–H and O–H groups in total. The van der Waals surface area contributed by atoms with Gasteiger partial charge in [-0.3, -0.25) is 0 Å². The largest absolute Gasteiger partial charge is 0.465 e. The molecule has 4 aromatic rings. The molecule has 0 amide bonds. The Bertz CT molecular complexity index is 1270. The molecule has 0 saturated heterocycles. The third kappa shape index (κ3) is 5.79. The van der Waals surface area contributed by atoms with Crippen molar-refractivity contribution in [2.45, 2.75) is 19.9 Å². The van der Waals surface area contributed by atoms with Crippen LogP contribution in [-0.2, 0) is 6.54 Å². The fourth-order valence-corrected chi connectivity index (χ4v) is 4.01. The second-order valence-electron chi connectivity index (χ2n) is 8.32. The average Bonchev–Trinajstić information content (AvgIpc) is 3.22. The van der Waals surface area contributed by atoms with E-state index in [1.165, 1.54) is 5.56 Å². The van der Waals surface area contributed by atoms with E-state index in [2.05, 4.69) is 34.5 Å². The van der Waals surface area contributed by atoms with Crippen LogP contribution in [0.25, 0.3) is 16.9 Å². The first-order chi connectivity index (χ1) is 16.5. The van der Waals surface area contributed by atoms with Crippen LogP contribution in [0.2, 0.25) is 5.02 Å². The zero-order chi connectivity index (χ0) is 23.9. The molecule has 0 bridgehead atoms. The van der Waals surface area contributed by atoms with Gasteiger partial charge in [0.05, 0.1) is 12.0 Å². The third-order valence-corrected chi connectivity index (χ3v) is 5.87. The number of hydrogen-bond donors (Lipinski definition) is 1. The van der Waals surface area contributed by atoms with E-state index in [0.29, 0.717) is 5.02 Å². The van der Waals surface area contributed by atoms with Crippen LogP contribution in [-0.4, -0.2) is 47.5 Å². The fourth-order valence-electron chi connectivity index (χ4n) is 3.78. The summed E-state index contributed by atoms with van der Waals surface area (Å²) in [5.41, 5.74) is 4.87. The van der Waals surface area contributed by atoms with E-state index in [1.54, 1.807) is 6.26 Å². The van der Waals surface area contributed by atoms with E-state index >= 15 is 0 Å². The smallest absolute Gasteiger partial charge is 0.151 e. The van der Waals surface area contributed by atoms with Crippen molar-refractivity contribution in [1.82, 2.24) is 19.5 Å². The van der Waals surface area contributed by atoms with Crippen LogP contribution in [0.15, 0.2) is 73.1 Å². The average molecular weight is 474 g/mol. The minimum Gasteiger partial charge on any atom is -0.465 e. The first-order valence-electron chi connectivity index (χ1n) is 11.4. The number of nitrogens with one attached hydrogen (secondary N) is 1. The van der Waals surface area contributed by atoms with Gasteiger partial charge in [-0.1, -0.05) is 48.0 Å². The van der Waals surface area contributed by atoms with Crippen molar-refractivity contribution >= 4 is 36.4 Å². The van der Waals surface area contributed by atoms with Crippen LogP contribution in [0.4, 0.5) is 5.82 Å². The van der Waals surface area contributed by atoms with E-state index in [0.717, 1.165) is 60.0 Å². The molecule has 8 heteroatoms. The van der Waals surface area contributed by atoms with E-state index in [1.807, 2.05) is 74.0 Å². The van der Waals surface area contributed by atoms with Gasteiger partial charge in [0.15, 0.2) is 5.65 Å². The molecule has 0 aliphatic carbocycles. The number of halogens is 1. The number of hydrogen-bond acceptors (Lipinski definition) is 5. The Morgan fingerprint density at radius 2 is 1.97 bits per heavy atom. The van der Waals surface area contributed by atoms with Crippen molar-refractivity contribution in [3.05, 3.63) is 83.7 Å². The predicted octanol–water partition coefficient (Wildman–Crippen LogP) is 4.15. The number of nitrogens with zero attached hydrogens (tertiary/aromatic N) is 4. The SMILES string of the molecule is Bc1cnn2c(NCCCN(C)Cc3ccc(O/C=C/C)cc3)cc(-c3ccccc3Cl)nc12. The summed E-state index contributed by atoms with van der Waals surface area (Å²) in [5.74, 6) is 1.76. The van der Waals surface area contributed by atoms with Gasteiger partial charge in [0.25, 0.3) is 0 Å². The molecular weight excluding hydrogens is 445 g/mol. The molecule has 0 atom stereocenters. The molecule has 0 fully saturated rings. The summed E-state index contributed by atoms with van der Waals surface area (Å²) in [4.78, 5) is 7.13. The van der Waals surface area contributed by atoms with Crippen LogP contribution in [0.1, 0.15) is 18.9 Å². The summed E-state index contributed by atoms with van der Waals surface area (Å²) in [7, 11) is 4.16. The van der Waals surface area contributed by atoms with Crippen molar-refractivity contribution in [2.75, 3.05) is 25.5 Å². The van der Waals surface area contributed by atoms with Crippen molar-refractivity contribution < 1.29 is 4.74 Å². The highest BCUT2D eigenvalue weighted by molar-refractivity contribution is 6.36. The maximum absolute atomic E-state index is 6.44. The molecule has 0 aliphatic heterocycles. The number of anilines is 1. The molecule has 2 heterocycles. The maximum atomic E-state index is 6.44. The van der Waals surface area contributed by atoms with E-state index in [-0.39, 0.29) is 0 Å². The minimum atomic E-state index is 0.686. The molecule has 0 aliphatic rings. The lowest BCUT2D eigenvalue weighted by Gasteiger charge is -2.17. The second kappa shape index (κ2) is 11.2. The number of rotatable bonds is 10. The number of fused-ring (bicyclic) bond motifs is 1. The van der Waals surface area contributed by atoms with Crippen molar-refractivity contribution in [2.24, 2.45) is 0 Å². The Hall–Kier alpha value is -3.29. The van der Waals surface area contributed by atoms with Crippen molar-refractivity contribution in [3.63, 3.8) is 0 Å². The van der Waals surface area contributed by atoms with E-state index < -0.39 is 0 Å². The Balaban J connectivity index is 1.36. The highest BCUT2D eigenvalue weighted by Gasteiger charge is 2.12. The molecular formula is C26H29BClN5O. The lowest BCUT2D eigenvalue weighted by Crippen LogP contribution is -2.21. The highest BCUT2D eigenvalue weighted by Crippen LogP contribution is 2.28. The molecule has 0 radical (unpaired) electrons. The number of aromatic nitrogens is 3. The van der Waals surface area contributed by atoms with Crippen LogP contribution in [0.3, 0.4) is 0 Å². The quantitative estimate of drug-likeness (QED) is 0.213. The number of ether oxygens (including phenoxy) is 1. The van der Waals surface area contributed by atoms with Gasteiger partial charge in [0.2, 0.25) is 0 Å². The van der Waals surface area contributed by atoms with Crippen LogP contribution in [0.5, 0.6) is 5.75 Å². The van der Waals surface area contributed by atoms with Gasteiger partial charge >= 0.3 is 0 Å². The summed E-state index contributed by atoms with van der Waals surface area (Å²) in [6.45, 7) is 4.61. The molecule has 0 unspecified atom stereocenters. The van der Waals surface area contributed by atoms with Crippen LogP contribution >= 0.6 is 11.6 Å². The zero-order valence-corrected chi connectivity index (χ0v) is 20.6. The standard InChI is InChI=1S/C26H29BClN5O/c1-3-15-34-20-11-9-19(10-12-20)18-32(2)14-6-13-29-25-16-24(21-7-4-5-8-23(21)28)31-26-22(27)17-30-33(25)26/h3-5,7-12,15-17,29H,6,13-14,18,27H2,1-2H3/b15-3+. The van der Waals surface area contributed by atoms with Gasteiger partial charge in [-0.05, 0) is 56.2 Å². The molecule has 6 nitrogen and oxygen atoms in total. The molecule has 34 heavy (non-hydrogen) atoms.